The lowest BCUT2D eigenvalue weighted by molar-refractivity contribution is -0.120. The molecule has 0 radical (unpaired) electrons. The predicted octanol–water partition coefficient (Wildman–Crippen LogP) is 3.52. The van der Waals surface area contributed by atoms with E-state index >= 15 is 0 Å². The van der Waals surface area contributed by atoms with Crippen molar-refractivity contribution in [2.45, 2.75) is 40.5 Å². The molecule has 0 aliphatic heterocycles. The Morgan fingerprint density at radius 3 is 2.42 bits per heavy atom. The first-order valence-electron chi connectivity index (χ1n) is 7.07. The number of pyridine rings is 1. The Balaban J connectivity index is 2.54. The van der Waals surface area contributed by atoms with E-state index in [0.717, 1.165) is 25.1 Å². The number of rotatable bonds is 7. The van der Waals surface area contributed by atoms with Crippen LogP contribution in [0.3, 0.4) is 0 Å². The summed E-state index contributed by atoms with van der Waals surface area (Å²) in [5.41, 5.74) is 0.981. The van der Waals surface area contributed by atoms with Crippen LogP contribution in [0.4, 0.5) is 11.5 Å². The van der Waals surface area contributed by atoms with Gasteiger partial charge in [0.05, 0.1) is 11.9 Å². The number of nitrogens with one attached hydrogen (secondary N) is 2. The third-order valence-corrected chi connectivity index (χ3v) is 3.09. The molecule has 1 rings (SSSR count). The number of carbonyl (C=O) groups is 1. The predicted molar refractivity (Wildman–Crippen MR) is 80.3 cm³/mol. The minimum Gasteiger partial charge on any atom is -0.384 e. The highest BCUT2D eigenvalue weighted by atomic mass is 16.1. The average molecular weight is 263 g/mol. The topological polar surface area (TPSA) is 54.0 Å². The number of amides is 1. The molecule has 0 unspecified atom stereocenters. The Morgan fingerprint density at radius 1 is 1.26 bits per heavy atom. The summed E-state index contributed by atoms with van der Waals surface area (Å²) in [7, 11) is 0. The molecule has 19 heavy (non-hydrogen) atoms. The third kappa shape index (κ3) is 5.28. The van der Waals surface area contributed by atoms with Crippen molar-refractivity contribution in [3.8, 4) is 0 Å². The highest BCUT2D eigenvalue weighted by molar-refractivity contribution is 5.91. The minimum atomic E-state index is 0.0559. The maximum Gasteiger partial charge on any atom is 0.228 e. The molecule has 0 aliphatic carbocycles. The van der Waals surface area contributed by atoms with Gasteiger partial charge in [-0.15, -0.1) is 0 Å². The lowest BCUT2D eigenvalue weighted by atomic mass is 10.0. The Bertz CT molecular complexity index is 383. The van der Waals surface area contributed by atoms with Gasteiger partial charge in [0.25, 0.3) is 0 Å². The second kappa shape index (κ2) is 7.77. The first-order valence-corrected chi connectivity index (χ1v) is 7.07. The first-order chi connectivity index (χ1) is 9.06. The minimum absolute atomic E-state index is 0.0559. The normalized spacial score (nSPS) is 10.8. The zero-order valence-corrected chi connectivity index (χ0v) is 12.4. The number of nitrogens with zero attached hydrogens (tertiary/aromatic N) is 1. The van der Waals surface area contributed by atoms with Crippen LogP contribution >= 0.6 is 0 Å². The van der Waals surface area contributed by atoms with Crippen LogP contribution in [0.25, 0.3) is 0 Å². The largest absolute Gasteiger partial charge is 0.384 e. The van der Waals surface area contributed by atoms with Crippen molar-refractivity contribution in [1.29, 1.82) is 0 Å². The van der Waals surface area contributed by atoms with Gasteiger partial charge in [0.2, 0.25) is 5.91 Å². The Hall–Kier alpha value is -1.58. The number of aromatic nitrogens is 1. The average Bonchev–Trinajstić information content (AvgIpc) is 2.39. The van der Waals surface area contributed by atoms with Gasteiger partial charge in [-0.2, -0.15) is 0 Å². The van der Waals surface area contributed by atoms with Gasteiger partial charge in [0.1, 0.15) is 5.82 Å². The van der Waals surface area contributed by atoms with Crippen LogP contribution in [0.15, 0.2) is 18.3 Å². The molecule has 106 valence electrons. The molecule has 0 aliphatic rings. The van der Waals surface area contributed by atoms with Crippen molar-refractivity contribution < 1.29 is 4.79 Å². The molecule has 2 N–H and O–H groups in total. The monoisotopic (exact) mass is 263 g/mol. The van der Waals surface area contributed by atoms with E-state index in [2.05, 4.69) is 29.5 Å². The second-order valence-electron chi connectivity index (χ2n) is 5.21. The molecule has 0 saturated carbocycles. The summed E-state index contributed by atoms with van der Waals surface area (Å²) in [5, 5.41) is 6.15. The molecule has 0 atom stereocenters. The number of hydrogen-bond donors (Lipinski definition) is 2. The summed E-state index contributed by atoms with van der Waals surface area (Å²) >= 11 is 0. The van der Waals surface area contributed by atoms with Gasteiger partial charge in [0.15, 0.2) is 0 Å². The molecule has 1 aromatic rings. The molecule has 0 aromatic carbocycles. The van der Waals surface area contributed by atoms with Gasteiger partial charge in [-0.1, -0.05) is 27.7 Å². The molecule has 4 nitrogen and oxygen atoms in total. The summed E-state index contributed by atoms with van der Waals surface area (Å²) in [6.07, 6.45) is 3.47. The van der Waals surface area contributed by atoms with Gasteiger partial charge in [0, 0.05) is 12.5 Å². The van der Waals surface area contributed by atoms with Crippen molar-refractivity contribution >= 4 is 17.4 Å². The van der Waals surface area contributed by atoms with Gasteiger partial charge in [-0.05, 0) is 30.9 Å². The van der Waals surface area contributed by atoms with E-state index in [1.807, 2.05) is 26.0 Å². The van der Waals surface area contributed by atoms with Crippen LogP contribution in [-0.4, -0.2) is 17.4 Å². The Labute approximate surface area is 116 Å². The molecule has 0 bridgehead atoms. The molecule has 0 fully saturated rings. The molecule has 0 saturated heterocycles. The molecular formula is C15H25N3O. The van der Waals surface area contributed by atoms with Gasteiger partial charge < -0.3 is 10.6 Å². The summed E-state index contributed by atoms with van der Waals surface area (Å²) in [5.74, 6) is 1.34. The fourth-order valence-corrected chi connectivity index (χ4v) is 1.78. The van der Waals surface area contributed by atoms with Crippen LogP contribution in [-0.2, 0) is 4.79 Å². The number of carbonyl (C=O) groups excluding carboxylic acids is 1. The zero-order chi connectivity index (χ0) is 14.3. The second-order valence-corrected chi connectivity index (χ2v) is 5.21. The van der Waals surface area contributed by atoms with E-state index in [4.69, 9.17) is 0 Å². The van der Waals surface area contributed by atoms with Crippen molar-refractivity contribution in [3.63, 3.8) is 0 Å². The quantitative estimate of drug-likeness (QED) is 0.791. The van der Waals surface area contributed by atoms with Crippen LogP contribution in [0, 0.1) is 11.8 Å². The highest BCUT2D eigenvalue weighted by Crippen LogP contribution is 2.14. The fraction of sp³-hybridized carbons (Fsp3) is 0.600. The van der Waals surface area contributed by atoms with Crippen molar-refractivity contribution in [2.24, 2.45) is 11.8 Å². The maximum absolute atomic E-state index is 11.9. The Morgan fingerprint density at radius 2 is 1.95 bits per heavy atom. The van der Waals surface area contributed by atoms with E-state index in [0.29, 0.717) is 11.7 Å². The van der Waals surface area contributed by atoms with E-state index < -0.39 is 0 Å². The molecule has 4 heteroatoms. The number of anilines is 2. The van der Waals surface area contributed by atoms with Crippen LogP contribution in [0.1, 0.15) is 40.5 Å². The SMILES string of the molecule is CCC(CC)C(=O)Nc1ccc(NCC(C)C)cn1. The standard InChI is InChI=1S/C15H25N3O/c1-5-12(6-2)15(19)18-14-8-7-13(10-17-14)16-9-11(3)4/h7-8,10-12,16H,5-6,9H2,1-4H3,(H,17,18,19). The fourth-order valence-electron chi connectivity index (χ4n) is 1.78. The lowest BCUT2D eigenvalue weighted by Crippen LogP contribution is -2.22. The van der Waals surface area contributed by atoms with Crippen molar-refractivity contribution in [1.82, 2.24) is 4.98 Å². The van der Waals surface area contributed by atoms with Crippen LogP contribution in [0.5, 0.6) is 0 Å². The summed E-state index contributed by atoms with van der Waals surface area (Å²) in [6, 6.07) is 3.78. The molecule has 1 aromatic heterocycles. The summed E-state index contributed by atoms with van der Waals surface area (Å²) in [6.45, 7) is 9.29. The molecule has 1 amide bonds. The van der Waals surface area contributed by atoms with Gasteiger partial charge in [-0.25, -0.2) is 4.98 Å². The first kappa shape index (κ1) is 15.5. The summed E-state index contributed by atoms with van der Waals surface area (Å²) in [4.78, 5) is 16.2. The zero-order valence-electron chi connectivity index (χ0n) is 12.4. The summed E-state index contributed by atoms with van der Waals surface area (Å²) < 4.78 is 0. The van der Waals surface area contributed by atoms with Crippen LogP contribution < -0.4 is 10.6 Å². The number of hydrogen-bond acceptors (Lipinski definition) is 3. The van der Waals surface area contributed by atoms with Crippen molar-refractivity contribution in [3.05, 3.63) is 18.3 Å². The van der Waals surface area contributed by atoms with Crippen LogP contribution in [0.2, 0.25) is 0 Å². The maximum atomic E-state index is 11.9. The van der Waals surface area contributed by atoms with Gasteiger partial charge >= 0.3 is 0 Å². The molecule has 0 spiro atoms. The molecular weight excluding hydrogens is 238 g/mol. The Kier molecular flexibility index (Phi) is 6.33. The highest BCUT2D eigenvalue weighted by Gasteiger charge is 2.14. The van der Waals surface area contributed by atoms with Gasteiger partial charge in [-0.3, -0.25) is 4.79 Å². The van der Waals surface area contributed by atoms with E-state index in [-0.39, 0.29) is 11.8 Å². The van der Waals surface area contributed by atoms with Crippen molar-refractivity contribution in [2.75, 3.05) is 17.2 Å². The van der Waals surface area contributed by atoms with E-state index in [9.17, 15) is 4.79 Å². The third-order valence-electron chi connectivity index (χ3n) is 3.09. The van der Waals surface area contributed by atoms with E-state index in [1.165, 1.54) is 0 Å². The smallest absolute Gasteiger partial charge is 0.228 e. The molecule has 1 heterocycles. The van der Waals surface area contributed by atoms with E-state index in [1.54, 1.807) is 6.20 Å². The lowest BCUT2D eigenvalue weighted by Gasteiger charge is -2.13.